The molecule has 0 unspecified atom stereocenters. The van der Waals surface area contributed by atoms with Gasteiger partial charge in [0.05, 0.1) is 5.75 Å². The Hall–Kier alpha value is -1.04. The Bertz CT molecular complexity index is 287. The first-order valence-electron chi connectivity index (χ1n) is 5.37. The molecule has 4 nitrogen and oxygen atoms in total. The van der Waals surface area contributed by atoms with Crippen molar-refractivity contribution in [3.8, 4) is 5.75 Å². The Balaban J connectivity index is 2.33. The van der Waals surface area contributed by atoms with Gasteiger partial charge in [-0.25, -0.2) is 0 Å². The van der Waals surface area contributed by atoms with Crippen LogP contribution in [0.25, 0.3) is 0 Å². The van der Waals surface area contributed by atoms with Crippen LogP contribution in [0.4, 0.5) is 0 Å². The van der Waals surface area contributed by atoms with E-state index >= 15 is 0 Å². The van der Waals surface area contributed by atoms with E-state index in [1.54, 1.807) is 12.1 Å². The molecule has 0 atom stereocenters. The van der Waals surface area contributed by atoms with Gasteiger partial charge < -0.3 is 19.4 Å². The zero-order chi connectivity index (χ0) is 11.8. The van der Waals surface area contributed by atoms with Crippen LogP contribution in [0.1, 0.15) is 18.9 Å². The quantitative estimate of drug-likeness (QED) is 0.471. The molecule has 0 saturated carbocycles. The molecule has 1 aromatic rings. The molecule has 0 amide bonds. The lowest BCUT2D eigenvalue weighted by Gasteiger charge is -2.26. The van der Waals surface area contributed by atoms with Gasteiger partial charge in [-0.1, -0.05) is 12.1 Å². The third-order valence-corrected chi connectivity index (χ3v) is 2.11. The van der Waals surface area contributed by atoms with Gasteiger partial charge >= 0.3 is 0 Å². The summed E-state index contributed by atoms with van der Waals surface area (Å²) in [4.78, 5) is 0. The van der Waals surface area contributed by atoms with E-state index in [0.29, 0.717) is 5.75 Å². The molecule has 0 aliphatic carbocycles. The summed E-state index contributed by atoms with van der Waals surface area (Å²) >= 11 is 0. The largest absolute Gasteiger partial charge is 0.860 e. The van der Waals surface area contributed by atoms with Gasteiger partial charge in [-0.3, -0.25) is 0 Å². The van der Waals surface area contributed by atoms with Gasteiger partial charge in [0.1, 0.15) is 7.32 Å². The van der Waals surface area contributed by atoms with Gasteiger partial charge in [-0.05, 0) is 37.5 Å². The van der Waals surface area contributed by atoms with Crippen LogP contribution in [0.2, 0.25) is 0 Å². The summed E-state index contributed by atoms with van der Waals surface area (Å²) in [5, 5.41) is 20.5. The fraction of sp³-hybridized carbons (Fsp3) is 0.455. The van der Waals surface area contributed by atoms with E-state index in [9.17, 15) is 10.0 Å². The standard InChI is InChI=1S/C11H15BO4/c1-2-15-9-3-4-10-5-7-11(8-6-10)16-12(13)14/h5-8H,2-4,9H2,1H3/q-2. The molecule has 0 bridgehead atoms. The van der Waals surface area contributed by atoms with Crippen molar-refractivity contribution in [2.75, 3.05) is 13.2 Å². The molecule has 0 aliphatic rings. The Morgan fingerprint density at radius 2 is 1.88 bits per heavy atom. The normalized spacial score (nSPS) is 10.2. The molecule has 1 rings (SSSR count). The molecule has 0 heterocycles. The van der Waals surface area contributed by atoms with Gasteiger partial charge in [0.2, 0.25) is 0 Å². The lowest BCUT2D eigenvalue weighted by Crippen LogP contribution is -2.50. The summed E-state index contributed by atoms with van der Waals surface area (Å²) in [6.07, 6.45) is 1.87. The summed E-state index contributed by atoms with van der Waals surface area (Å²) in [6, 6.07) is 6.98. The molecular weight excluding hydrogens is 207 g/mol. The third-order valence-electron chi connectivity index (χ3n) is 2.11. The van der Waals surface area contributed by atoms with Crippen molar-refractivity contribution in [2.24, 2.45) is 0 Å². The maximum Gasteiger partial charge on any atom is 0.133 e. The first-order chi connectivity index (χ1) is 7.72. The lowest BCUT2D eigenvalue weighted by atomic mass is 10.1. The minimum absolute atomic E-state index is 0.323. The predicted molar refractivity (Wildman–Crippen MR) is 57.6 cm³/mol. The Kier molecular flexibility index (Phi) is 5.92. The van der Waals surface area contributed by atoms with Crippen LogP contribution in [0.15, 0.2) is 24.3 Å². The van der Waals surface area contributed by atoms with Gasteiger partial charge in [0.15, 0.2) is 0 Å². The maximum atomic E-state index is 10.2. The monoisotopic (exact) mass is 222 g/mol. The average Bonchev–Trinajstić information content (AvgIpc) is 2.26. The third kappa shape index (κ3) is 5.16. The molecule has 0 radical (unpaired) electrons. The SMILES string of the molecule is CCOCCCc1ccc(OB([O-])[O-])cc1. The molecule has 5 heteroatoms. The number of ether oxygens (including phenoxy) is 1. The summed E-state index contributed by atoms with van der Waals surface area (Å²) in [5.41, 5.74) is 1.14. The van der Waals surface area contributed by atoms with Crippen molar-refractivity contribution in [2.45, 2.75) is 19.8 Å². The van der Waals surface area contributed by atoms with Gasteiger partial charge in [0.25, 0.3) is 0 Å². The first kappa shape index (κ1) is 13.0. The second kappa shape index (κ2) is 7.27. The van der Waals surface area contributed by atoms with Gasteiger partial charge in [-0.2, -0.15) is 0 Å². The number of benzene rings is 1. The smallest absolute Gasteiger partial charge is 0.133 e. The molecule has 0 saturated heterocycles. The molecule has 16 heavy (non-hydrogen) atoms. The van der Waals surface area contributed by atoms with Crippen molar-refractivity contribution in [1.82, 2.24) is 0 Å². The Labute approximate surface area is 96.0 Å². The first-order valence-corrected chi connectivity index (χ1v) is 5.37. The van der Waals surface area contributed by atoms with E-state index in [1.165, 1.54) is 0 Å². The van der Waals surface area contributed by atoms with E-state index in [0.717, 1.165) is 31.6 Å². The fourth-order valence-corrected chi connectivity index (χ4v) is 1.37. The van der Waals surface area contributed by atoms with Crippen molar-refractivity contribution >= 4 is 7.32 Å². The summed E-state index contributed by atoms with van der Waals surface area (Å²) < 4.78 is 9.70. The van der Waals surface area contributed by atoms with Crippen LogP contribution in [-0.2, 0) is 11.2 Å². The highest BCUT2D eigenvalue weighted by Gasteiger charge is 1.95. The topological polar surface area (TPSA) is 64.6 Å². The van der Waals surface area contributed by atoms with Crippen LogP contribution in [0.3, 0.4) is 0 Å². The summed E-state index contributed by atoms with van der Waals surface area (Å²) in [5.74, 6) is 0.323. The van der Waals surface area contributed by atoms with Crippen molar-refractivity contribution in [3.05, 3.63) is 29.8 Å². The molecular formula is C11H15BO4-2. The highest BCUT2D eigenvalue weighted by Crippen LogP contribution is 2.12. The highest BCUT2D eigenvalue weighted by molar-refractivity contribution is 6.29. The van der Waals surface area contributed by atoms with Crippen molar-refractivity contribution < 1.29 is 19.4 Å². The molecule has 0 aliphatic heterocycles. The molecule has 88 valence electrons. The van der Waals surface area contributed by atoms with Crippen LogP contribution in [0.5, 0.6) is 5.75 Å². The van der Waals surface area contributed by atoms with E-state index < -0.39 is 7.32 Å². The summed E-state index contributed by atoms with van der Waals surface area (Å²) in [7, 11) is -2.26. The molecule has 0 fully saturated rings. The molecule has 1 aromatic carbocycles. The van der Waals surface area contributed by atoms with Crippen molar-refractivity contribution in [3.63, 3.8) is 0 Å². The Morgan fingerprint density at radius 1 is 1.19 bits per heavy atom. The Morgan fingerprint density at radius 3 is 2.44 bits per heavy atom. The number of rotatable bonds is 7. The van der Waals surface area contributed by atoms with Crippen LogP contribution < -0.4 is 14.7 Å². The van der Waals surface area contributed by atoms with E-state index in [4.69, 9.17) is 4.74 Å². The van der Waals surface area contributed by atoms with Gasteiger partial charge in [-0.15, -0.1) is 0 Å². The molecule has 0 N–H and O–H groups in total. The molecule has 0 aromatic heterocycles. The van der Waals surface area contributed by atoms with E-state index in [1.807, 2.05) is 19.1 Å². The predicted octanol–water partition coefficient (Wildman–Crippen LogP) is -0.260. The number of hydrogen-bond donors (Lipinski definition) is 0. The van der Waals surface area contributed by atoms with Crippen LogP contribution >= 0.6 is 0 Å². The number of aryl methyl sites for hydroxylation is 1. The van der Waals surface area contributed by atoms with Crippen molar-refractivity contribution in [1.29, 1.82) is 0 Å². The van der Waals surface area contributed by atoms with Crippen LogP contribution in [-0.4, -0.2) is 20.5 Å². The fourth-order valence-electron chi connectivity index (χ4n) is 1.37. The average molecular weight is 222 g/mol. The zero-order valence-corrected chi connectivity index (χ0v) is 9.35. The number of hydrogen-bond acceptors (Lipinski definition) is 4. The lowest BCUT2D eigenvalue weighted by molar-refractivity contribution is -0.372. The zero-order valence-electron chi connectivity index (χ0n) is 9.35. The van der Waals surface area contributed by atoms with E-state index in [2.05, 4.69) is 4.65 Å². The van der Waals surface area contributed by atoms with Crippen LogP contribution in [0, 0.1) is 0 Å². The second-order valence-electron chi connectivity index (χ2n) is 3.35. The van der Waals surface area contributed by atoms with E-state index in [-0.39, 0.29) is 0 Å². The minimum Gasteiger partial charge on any atom is -0.860 e. The summed E-state index contributed by atoms with van der Waals surface area (Å²) in [6.45, 7) is 3.45. The van der Waals surface area contributed by atoms with Gasteiger partial charge in [0, 0.05) is 13.2 Å². The maximum absolute atomic E-state index is 10.2. The molecule has 0 spiro atoms. The second-order valence-corrected chi connectivity index (χ2v) is 3.35. The highest BCUT2D eigenvalue weighted by atomic mass is 16.6. The minimum atomic E-state index is -2.26.